The predicted molar refractivity (Wildman–Crippen MR) is 89.3 cm³/mol. The van der Waals surface area contributed by atoms with E-state index in [-0.39, 0.29) is 19.0 Å². The zero-order chi connectivity index (χ0) is 16.8. The Kier molecular flexibility index (Phi) is 5.23. The summed E-state index contributed by atoms with van der Waals surface area (Å²) in [5, 5.41) is 4.53. The molecule has 0 saturated heterocycles. The van der Waals surface area contributed by atoms with Gasteiger partial charge in [0, 0.05) is 17.0 Å². The summed E-state index contributed by atoms with van der Waals surface area (Å²) in [4.78, 5) is 16.1. The van der Waals surface area contributed by atoms with Crippen molar-refractivity contribution in [3.63, 3.8) is 0 Å². The van der Waals surface area contributed by atoms with Crippen molar-refractivity contribution in [1.82, 2.24) is 10.1 Å². The zero-order valence-corrected chi connectivity index (χ0v) is 13.6. The lowest BCUT2D eigenvalue weighted by atomic mass is 10.2. The maximum Gasteiger partial charge on any atom is 0.306 e. The van der Waals surface area contributed by atoms with Gasteiger partial charge in [-0.2, -0.15) is 4.98 Å². The van der Waals surface area contributed by atoms with Crippen LogP contribution < -0.4 is 0 Å². The third kappa shape index (κ3) is 4.43. The van der Waals surface area contributed by atoms with Crippen molar-refractivity contribution in [2.45, 2.75) is 19.4 Å². The van der Waals surface area contributed by atoms with Crippen molar-refractivity contribution < 1.29 is 14.1 Å². The van der Waals surface area contributed by atoms with Crippen molar-refractivity contribution in [2.75, 3.05) is 0 Å². The number of aryl methyl sites for hydroxylation is 1. The topological polar surface area (TPSA) is 65.2 Å². The van der Waals surface area contributed by atoms with Gasteiger partial charge in [-0.3, -0.25) is 4.79 Å². The van der Waals surface area contributed by atoms with Crippen LogP contribution in [0.3, 0.4) is 0 Å². The highest BCUT2D eigenvalue weighted by atomic mass is 35.5. The minimum absolute atomic E-state index is 0.178. The van der Waals surface area contributed by atoms with Crippen LogP contribution in [-0.2, 0) is 22.6 Å². The quantitative estimate of drug-likeness (QED) is 0.632. The van der Waals surface area contributed by atoms with E-state index in [2.05, 4.69) is 10.1 Å². The van der Waals surface area contributed by atoms with Gasteiger partial charge in [0.25, 0.3) is 0 Å². The molecule has 0 N–H and O–H groups in total. The highest BCUT2D eigenvalue weighted by molar-refractivity contribution is 6.30. The zero-order valence-electron chi connectivity index (χ0n) is 12.8. The first-order valence-corrected chi connectivity index (χ1v) is 7.86. The van der Waals surface area contributed by atoms with Gasteiger partial charge in [0.2, 0.25) is 11.7 Å². The number of halogens is 1. The molecular weight excluding hydrogens is 328 g/mol. The molecule has 0 saturated carbocycles. The van der Waals surface area contributed by atoms with Gasteiger partial charge in [-0.25, -0.2) is 0 Å². The smallest absolute Gasteiger partial charge is 0.306 e. The minimum Gasteiger partial charge on any atom is -0.461 e. The second-order valence-electron chi connectivity index (χ2n) is 5.17. The molecule has 0 bridgehead atoms. The number of ether oxygens (including phenoxy) is 1. The molecule has 0 fully saturated rings. The fourth-order valence-electron chi connectivity index (χ4n) is 2.13. The fourth-order valence-corrected chi connectivity index (χ4v) is 2.35. The van der Waals surface area contributed by atoms with E-state index in [1.54, 1.807) is 12.1 Å². The second-order valence-corrected chi connectivity index (χ2v) is 5.60. The highest BCUT2D eigenvalue weighted by Crippen LogP contribution is 2.16. The van der Waals surface area contributed by atoms with Crippen LogP contribution in [0.25, 0.3) is 11.4 Å². The number of aromatic nitrogens is 2. The van der Waals surface area contributed by atoms with Crippen LogP contribution in [-0.4, -0.2) is 16.1 Å². The molecule has 0 amide bonds. The molecule has 24 heavy (non-hydrogen) atoms. The molecular formula is C18H15ClN2O3. The summed E-state index contributed by atoms with van der Waals surface area (Å²) in [6, 6.07) is 16.7. The molecule has 5 nitrogen and oxygen atoms in total. The lowest BCUT2D eigenvalue weighted by Crippen LogP contribution is -2.06. The van der Waals surface area contributed by atoms with Gasteiger partial charge in [0.05, 0.1) is 6.42 Å². The van der Waals surface area contributed by atoms with E-state index in [9.17, 15) is 4.79 Å². The molecule has 0 aliphatic heterocycles. The average Bonchev–Trinajstić information content (AvgIpc) is 3.08. The third-order valence-electron chi connectivity index (χ3n) is 3.33. The van der Waals surface area contributed by atoms with Crippen LogP contribution in [0.2, 0.25) is 5.02 Å². The molecule has 0 aliphatic carbocycles. The largest absolute Gasteiger partial charge is 0.461 e. The number of nitrogens with zero attached hydrogens (tertiary/aromatic N) is 2. The van der Waals surface area contributed by atoms with Gasteiger partial charge >= 0.3 is 5.97 Å². The maximum absolute atomic E-state index is 11.8. The van der Waals surface area contributed by atoms with E-state index in [0.717, 1.165) is 11.1 Å². The van der Waals surface area contributed by atoms with Crippen molar-refractivity contribution in [3.05, 3.63) is 71.1 Å². The highest BCUT2D eigenvalue weighted by Gasteiger charge is 2.11. The normalized spacial score (nSPS) is 10.5. The Morgan fingerprint density at radius 3 is 2.75 bits per heavy atom. The lowest BCUT2D eigenvalue weighted by molar-refractivity contribution is -0.145. The summed E-state index contributed by atoms with van der Waals surface area (Å²) in [5.74, 6) is 0.598. The van der Waals surface area contributed by atoms with E-state index in [1.165, 1.54) is 0 Å². The summed E-state index contributed by atoms with van der Waals surface area (Å²) in [6.45, 7) is 0.193. The van der Waals surface area contributed by atoms with Crippen LogP contribution in [0.1, 0.15) is 17.9 Å². The van der Waals surface area contributed by atoms with Gasteiger partial charge in [-0.05, 0) is 17.7 Å². The lowest BCUT2D eigenvalue weighted by Gasteiger charge is -2.04. The fraction of sp³-hybridized carbons (Fsp3) is 0.167. The van der Waals surface area contributed by atoms with E-state index in [4.69, 9.17) is 20.9 Å². The molecule has 0 spiro atoms. The Labute approximate surface area is 144 Å². The van der Waals surface area contributed by atoms with Crippen molar-refractivity contribution in [1.29, 1.82) is 0 Å². The molecule has 0 atom stereocenters. The number of rotatable bonds is 6. The van der Waals surface area contributed by atoms with E-state index >= 15 is 0 Å². The van der Waals surface area contributed by atoms with Crippen molar-refractivity contribution in [3.8, 4) is 11.4 Å². The standard InChI is InChI=1S/C18H15ClN2O3/c19-15-8-4-5-13(11-15)12-23-17(22)10-9-16-20-18(21-24-16)14-6-2-1-3-7-14/h1-8,11H,9-10,12H2. The average molecular weight is 343 g/mol. The number of hydrogen-bond acceptors (Lipinski definition) is 5. The van der Waals surface area contributed by atoms with E-state index in [1.807, 2.05) is 42.5 Å². The van der Waals surface area contributed by atoms with Crippen LogP contribution in [0.5, 0.6) is 0 Å². The SMILES string of the molecule is O=C(CCc1nc(-c2ccccc2)no1)OCc1cccc(Cl)c1. The number of carbonyl (C=O) groups is 1. The van der Waals surface area contributed by atoms with Crippen LogP contribution in [0.15, 0.2) is 59.1 Å². The Morgan fingerprint density at radius 2 is 1.96 bits per heavy atom. The summed E-state index contributed by atoms with van der Waals surface area (Å²) >= 11 is 5.89. The third-order valence-corrected chi connectivity index (χ3v) is 3.57. The maximum atomic E-state index is 11.8. The Morgan fingerprint density at radius 1 is 1.12 bits per heavy atom. The summed E-state index contributed by atoms with van der Waals surface area (Å²) in [5.41, 5.74) is 1.72. The van der Waals surface area contributed by atoms with Gasteiger partial charge in [-0.15, -0.1) is 0 Å². The van der Waals surface area contributed by atoms with Gasteiger partial charge < -0.3 is 9.26 Å². The Bertz CT molecular complexity index is 818. The van der Waals surface area contributed by atoms with Crippen LogP contribution >= 0.6 is 11.6 Å². The molecule has 1 heterocycles. The monoisotopic (exact) mass is 342 g/mol. The van der Waals surface area contributed by atoms with E-state index in [0.29, 0.717) is 23.2 Å². The molecule has 2 aromatic carbocycles. The first-order chi connectivity index (χ1) is 11.7. The Hall–Kier alpha value is -2.66. The number of esters is 1. The second kappa shape index (κ2) is 7.75. The molecule has 3 aromatic rings. The van der Waals surface area contributed by atoms with Gasteiger partial charge in [0.15, 0.2) is 0 Å². The molecule has 1 aromatic heterocycles. The summed E-state index contributed by atoms with van der Waals surface area (Å²) < 4.78 is 10.4. The first-order valence-electron chi connectivity index (χ1n) is 7.49. The number of carbonyl (C=O) groups excluding carboxylic acids is 1. The number of hydrogen-bond donors (Lipinski definition) is 0. The molecule has 0 aliphatic rings. The van der Waals surface area contributed by atoms with Crippen LogP contribution in [0, 0.1) is 0 Å². The van der Waals surface area contributed by atoms with E-state index < -0.39 is 0 Å². The van der Waals surface area contributed by atoms with Crippen LogP contribution in [0.4, 0.5) is 0 Å². The number of benzene rings is 2. The molecule has 122 valence electrons. The Balaban J connectivity index is 1.49. The summed E-state index contributed by atoms with van der Waals surface area (Å²) in [7, 11) is 0. The van der Waals surface area contributed by atoms with Gasteiger partial charge in [0.1, 0.15) is 6.61 Å². The summed E-state index contributed by atoms with van der Waals surface area (Å²) in [6.07, 6.45) is 0.519. The first kappa shape index (κ1) is 16.2. The predicted octanol–water partition coefficient (Wildman–Crippen LogP) is 4.07. The minimum atomic E-state index is -0.325. The van der Waals surface area contributed by atoms with Gasteiger partial charge in [-0.1, -0.05) is 59.2 Å². The molecule has 0 radical (unpaired) electrons. The molecule has 6 heteroatoms. The molecule has 0 unspecified atom stereocenters. The molecule has 3 rings (SSSR count). The van der Waals surface area contributed by atoms with Crippen molar-refractivity contribution >= 4 is 17.6 Å². The van der Waals surface area contributed by atoms with Crippen molar-refractivity contribution in [2.24, 2.45) is 0 Å².